The van der Waals surface area contributed by atoms with E-state index < -0.39 is 0 Å². The molecule has 0 fully saturated rings. The number of benzene rings is 2. The van der Waals surface area contributed by atoms with Crippen LogP contribution in [-0.4, -0.2) is 0 Å². The highest BCUT2D eigenvalue weighted by molar-refractivity contribution is 5.81. The Balaban J connectivity index is 0. The average Bonchev–Trinajstić information content (AvgIpc) is 2.17. The van der Waals surface area contributed by atoms with Crippen LogP contribution in [0, 0.1) is 5.92 Å². The van der Waals surface area contributed by atoms with E-state index in [0.29, 0.717) is 0 Å². The minimum atomic E-state index is 0. The maximum atomic E-state index is 2.17. The van der Waals surface area contributed by atoms with Gasteiger partial charge in [-0.25, -0.2) is 0 Å². The van der Waals surface area contributed by atoms with Crippen molar-refractivity contribution in [1.82, 2.24) is 0 Å². The molecular weight excluding hydrogens is 192 g/mol. The van der Waals surface area contributed by atoms with Gasteiger partial charge in [0.15, 0.2) is 0 Å². The summed E-state index contributed by atoms with van der Waals surface area (Å²) in [7, 11) is 0. The average molecular weight is 218 g/mol. The molecule has 0 aliphatic rings. The van der Waals surface area contributed by atoms with Gasteiger partial charge in [0, 0.05) is 0 Å². The van der Waals surface area contributed by atoms with Gasteiger partial charge >= 0.3 is 0 Å². The van der Waals surface area contributed by atoms with Crippen LogP contribution in [0.1, 0.15) is 35.6 Å². The van der Waals surface area contributed by atoms with Crippen LogP contribution in [0.25, 0.3) is 10.8 Å². The molecule has 0 bridgehead atoms. The standard InChI is InChI=1S/C10H8.C4H10.2CH4/c1-2-6-10-8-4-3-7-9(10)5-1;1-4(2)3;;/h1-8H;4H,1-3H3;2*1H4. The van der Waals surface area contributed by atoms with Crippen molar-refractivity contribution >= 4 is 10.8 Å². The second-order valence-corrected chi connectivity index (χ2v) is 4.08. The molecule has 2 rings (SSSR count). The van der Waals surface area contributed by atoms with Crippen molar-refractivity contribution in [1.29, 1.82) is 0 Å². The lowest BCUT2D eigenvalue weighted by Crippen LogP contribution is -1.67. The molecule has 0 heteroatoms. The molecule has 0 aliphatic heterocycles. The van der Waals surface area contributed by atoms with Crippen LogP contribution >= 0.6 is 0 Å². The first kappa shape index (κ1) is 17.1. The minimum Gasteiger partial charge on any atom is -0.0776 e. The molecule has 0 aromatic heterocycles. The summed E-state index contributed by atoms with van der Waals surface area (Å²) in [5.41, 5.74) is 0. The summed E-state index contributed by atoms with van der Waals surface area (Å²) in [6, 6.07) is 16.7. The minimum absolute atomic E-state index is 0. The van der Waals surface area contributed by atoms with Crippen molar-refractivity contribution in [2.75, 3.05) is 0 Å². The number of rotatable bonds is 0. The van der Waals surface area contributed by atoms with Crippen molar-refractivity contribution in [3.8, 4) is 0 Å². The Morgan fingerprint density at radius 1 is 0.625 bits per heavy atom. The zero-order valence-corrected chi connectivity index (χ0v) is 9.20. The lowest BCUT2D eigenvalue weighted by atomic mass is 10.1. The maximum Gasteiger partial charge on any atom is -0.0184 e. The van der Waals surface area contributed by atoms with Crippen molar-refractivity contribution in [3.63, 3.8) is 0 Å². The molecule has 0 heterocycles. The summed E-state index contributed by atoms with van der Waals surface area (Å²) in [5.74, 6) is 0.833. The molecule has 0 aliphatic carbocycles. The molecule has 90 valence electrons. The summed E-state index contributed by atoms with van der Waals surface area (Å²) >= 11 is 0. The topological polar surface area (TPSA) is 0 Å². The number of hydrogen-bond acceptors (Lipinski definition) is 0. The fourth-order valence-corrected chi connectivity index (χ4v) is 1.13. The van der Waals surface area contributed by atoms with Gasteiger partial charge in [0.25, 0.3) is 0 Å². The van der Waals surface area contributed by atoms with E-state index in [9.17, 15) is 0 Å². The Morgan fingerprint density at radius 2 is 0.812 bits per heavy atom. The smallest absolute Gasteiger partial charge is 0.0184 e. The van der Waals surface area contributed by atoms with Crippen LogP contribution in [-0.2, 0) is 0 Å². The first-order valence-electron chi connectivity index (χ1n) is 5.14. The van der Waals surface area contributed by atoms with E-state index in [0.717, 1.165) is 5.92 Å². The second kappa shape index (κ2) is 8.96. The van der Waals surface area contributed by atoms with Crippen LogP contribution in [0.2, 0.25) is 0 Å². The number of hydrogen-bond donors (Lipinski definition) is 0. The predicted octanol–water partition coefficient (Wildman–Crippen LogP) is 5.77. The van der Waals surface area contributed by atoms with Gasteiger partial charge in [0.1, 0.15) is 0 Å². The zero-order chi connectivity index (χ0) is 10.4. The summed E-state index contributed by atoms with van der Waals surface area (Å²) in [6.07, 6.45) is 0. The lowest BCUT2D eigenvalue weighted by molar-refractivity contribution is 0.737. The third-order valence-corrected chi connectivity index (χ3v) is 1.66. The van der Waals surface area contributed by atoms with E-state index in [-0.39, 0.29) is 14.9 Å². The molecule has 0 amide bonds. The lowest BCUT2D eigenvalue weighted by Gasteiger charge is -1.92. The molecule has 16 heavy (non-hydrogen) atoms. The second-order valence-electron chi connectivity index (χ2n) is 4.08. The van der Waals surface area contributed by atoms with Crippen LogP contribution in [0.5, 0.6) is 0 Å². The Morgan fingerprint density at radius 3 is 1.00 bits per heavy atom. The largest absolute Gasteiger partial charge is 0.0776 e. The van der Waals surface area contributed by atoms with Gasteiger partial charge < -0.3 is 0 Å². The van der Waals surface area contributed by atoms with E-state index in [1.807, 2.05) is 0 Å². The van der Waals surface area contributed by atoms with Gasteiger partial charge in [-0.05, 0) is 16.7 Å². The van der Waals surface area contributed by atoms with Crippen LogP contribution < -0.4 is 0 Å². The third kappa shape index (κ3) is 6.23. The van der Waals surface area contributed by atoms with Gasteiger partial charge in [0.05, 0.1) is 0 Å². The molecule has 2 aromatic rings. The molecule has 0 saturated carbocycles. The molecule has 0 unspecified atom stereocenters. The van der Waals surface area contributed by atoms with Crippen molar-refractivity contribution in [2.45, 2.75) is 35.6 Å². The van der Waals surface area contributed by atoms with E-state index in [2.05, 4.69) is 69.3 Å². The van der Waals surface area contributed by atoms with Gasteiger partial charge in [0.2, 0.25) is 0 Å². The highest BCUT2D eigenvalue weighted by atomic mass is 13.9. The highest BCUT2D eigenvalue weighted by Gasteiger charge is 1.85. The van der Waals surface area contributed by atoms with Crippen LogP contribution in [0.15, 0.2) is 48.5 Å². The fourth-order valence-electron chi connectivity index (χ4n) is 1.13. The first-order chi connectivity index (χ1) is 6.70. The summed E-state index contributed by atoms with van der Waals surface area (Å²) in [5, 5.41) is 2.62. The Hall–Kier alpha value is -1.30. The predicted molar refractivity (Wildman–Crippen MR) is 77.9 cm³/mol. The normalized spacial score (nSPS) is 8.50. The molecule has 0 spiro atoms. The summed E-state index contributed by atoms with van der Waals surface area (Å²) in [6.45, 7) is 6.50. The van der Waals surface area contributed by atoms with Crippen LogP contribution in [0.3, 0.4) is 0 Å². The molecule has 0 saturated heterocycles. The van der Waals surface area contributed by atoms with Crippen molar-refractivity contribution < 1.29 is 0 Å². The fraction of sp³-hybridized carbons (Fsp3) is 0.375. The summed E-state index contributed by atoms with van der Waals surface area (Å²) < 4.78 is 0. The number of fused-ring (bicyclic) bond motifs is 1. The molecule has 0 nitrogen and oxygen atoms in total. The first-order valence-corrected chi connectivity index (χ1v) is 5.14. The monoisotopic (exact) mass is 218 g/mol. The quantitative estimate of drug-likeness (QED) is 0.526. The van der Waals surface area contributed by atoms with E-state index in [1.165, 1.54) is 10.8 Å². The molecule has 0 radical (unpaired) electrons. The highest BCUT2D eigenvalue weighted by Crippen LogP contribution is 2.11. The Bertz CT molecular complexity index is 306. The van der Waals surface area contributed by atoms with Gasteiger partial charge in [-0.2, -0.15) is 0 Å². The Kier molecular flexibility index (Phi) is 9.58. The molecule has 0 atom stereocenters. The maximum absolute atomic E-state index is 2.17. The van der Waals surface area contributed by atoms with Crippen molar-refractivity contribution in [2.24, 2.45) is 5.92 Å². The van der Waals surface area contributed by atoms with E-state index in [1.54, 1.807) is 0 Å². The molecule has 2 aromatic carbocycles. The van der Waals surface area contributed by atoms with Gasteiger partial charge in [-0.15, -0.1) is 0 Å². The van der Waals surface area contributed by atoms with E-state index in [4.69, 9.17) is 0 Å². The van der Waals surface area contributed by atoms with Crippen LogP contribution in [0.4, 0.5) is 0 Å². The Labute approximate surface area is 101 Å². The zero-order valence-electron chi connectivity index (χ0n) is 9.20. The van der Waals surface area contributed by atoms with Crippen molar-refractivity contribution in [3.05, 3.63) is 48.5 Å². The third-order valence-electron chi connectivity index (χ3n) is 1.66. The van der Waals surface area contributed by atoms with Gasteiger partial charge in [-0.1, -0.05) is 84.2 Å². The molecular formula is C16H26. The summed E-state index contributed by atoms with van der Waals surface area (Å²) in [4.78, 5) is 0. The molecule has 0 N–H and O–H groups in total. The SMILES string of the molecule is C.C.CC(C)C.c1ccc2ccccc2c1. The van der Waals surface area contributed by atoms with E-state index >= 15 is 0 Å². The van der Waals surface area contributed by atoms with Gasteiger partial charge in [-0.3, -0.25) is 0 Å².